The van der Waals surface area contributed by atoms with Crippen molar-refractivity contribution in [1.82, 2.24) is 9.29 Å². The van der Waals surface area contributed by atoms with Crippen molar-refractivity contribution in [3.8, 4) is 0 Å². The number of fused-ring (bicyclic) bond motifs is 1. The summed E-state index contributed by atoms with van der Waals surface area (Å²) < 4.78 is 26.3. The number of allylic oxidation sites excluding steroid dienone is 2. The van der Waals surface area contributed by atoms with Crippen LogP contribution in [0.5, 0.6) is 0 Å². The third kappa shape index (κ3) is 3.30. The van der Waals surface area contributed by atoms with Crippen LogP contribution in [0.3, 0.4) is 0 Å². The zero-order valence-corrected chi connectivity index (χ0v) is 16.8. The Morgan fingerprint density at radius 1 is 1.35 bits per heavy atom. The number of sulfonamides is 1. The lowest BCUT2D eigenvalue weighted by Crippen LogP contribution is -2.48. The molecule has 1 aromatic rings. The number of nitrogens with zero attached hydrogens (tertiary/aromatic N) is 3. The number of hydrazone groups is 1. The predicted octanol–water partition coefficient (Wildman–Crippen LogP) is 3.50. The molecule has 26 heavy (non-hydrogen) atoms. The Hall–Kier alpha value is -1.73. The third-order valence-electron chi connectivity index (χ3n) is 5.98. The highest BCUT2D eigenvalue weighted by Gasteiger charge is 2.50. The van der Waals surface area contributed by atoms with Crippen LogP contribution in [-0.4, -0.2) is 37.0 Å². The van der Waals surface area contributed by atoms with Crippen molar-refractivity contribution >= 4 is 22.1 Å². The van der Waals surface area contributed by atoms with Gasteiger partial charge in [-0.15, -0.1) is 0 Å². The van der Waals surface area contributed by atoms with Crippen molar-refractivity contribution in [3.63, 3.8) is 0 Å². The summed E-state index contributed by atoms with van der Waals surface area (Å²) in [6.45, 7) is 9.19. The number of nitrogens with one attached hydrogen (secondary N) is 1. The highest BCUT2D eigenvalue weighted by atomic mass is 32.2. The topological polar surface area (TPSA) is 74.7 Å². The molecule has 0 saturated heterocycles. The molecule has 0 aromatic carbocycles. The van der Waals surface area contributed by atoms with E-state index in [-0.39, 0.29) is 4.90 Å². The largest absolute Gasteiger partial charge is 0.261 e. The first kappa shape index (κ1) is 19.0. The van der Waals surface area contributed by atoms with Gasteiger partial charge < -0.3 is 0 Å². The fourth-order valence-electron chi connectivity index (χ4n) is 4.03. The van der Waals surface area contributed by atoms with Gasteiger partial charge in [0.15, 0.2) is 0 Å². The predicted molar refractivity (Wildman–Crippen MR) is 105 cm³/mol. The Morgan fingerprint density at radius 3 is 2.62 bits per heavy atom. The monoisotopic (exact) mass is 376 g/mol. The molecule has 3 aliphatic carbocycles. The van der Waals surface area contributed by atoms with Crippen LogP contribution in [0.25, 0.3) is 0 Å². The van der Waals surface area contributed by atoms with Gasteiger partial charge in [0.25, 0.3) is 0 Å². The standard InChI is InChI=1S/C19H28N4O2S/c1-5-23(6-2)26(24,25)16-9-10-18(20-13-16)22-21-12-14-7-8-15-11-17(14)19(15,3)4/h7,9-10,12-13,15,17H,5-6,8,11H2,1-4H3,(H,20,22). The van der Waals surface area contributed by atoms with E-state index >= 15 is 0 Å². The van der Waals surface area contributed by atoms with E-state index in [1.54, 1.807) is 12.1 Å². The van der Waals surface area contributed by atoms with E-state index < -0.39 is 10.0 Å². The summed E-state index contributed by atoms with van der Waals surface area (Å²) in [5.41, 5.74) is 4.55. The summed E-state index contributed by atoms with van der Waals surface area (Å²) >= 11 is 0. The van der Waals surface area contributed by atoms with Crippen LogP contribution in [0, 0.1) is 17.3 Å². The SMILES string of the molecule is CCN(CC)S(=O)(=O)c1ccc(NN=CC2=CCC3CC2C3(C)C)nc1. The molecule has 2 unspecified atom stereocenters. The van der Waals surface area contributed by atoms with Crippen molar-refractivity contribution in [2.75, 3.05) is 18.5 Å². The minimum atomic E-state index is -3.48. The normalized spacial score (nSPS) is 24.4. The summed E-state index contributed by atoms with van der Waals surface area (Å²) in [7, 11) is -3.48. The maximum absolute atomic E-state index is 12.5. The zero-order valence-electron chi connectivity index (χ0n) is 15.9. The van der Waals surface area contributed by atoms with Gasteiger partial charge in [-0.25, -0.2) is 13.4 Å². The summed E-state index contributed by atoms with van der Waals surface area (Å²) in [5.74, 6) is 1.92. The summed E-state index contributed by atoms with van der Waals surface area (Å²) in [6, 6.07) is 3.21. The van der Waals surface area contributed by atoms with Crippen LogP contribution in [0.1, 0.15) is 40.5 Å². The average molecular weight is 377 g/mol. The molecule has 1 fully saturated rings. The Bertz CT molecular complexity index is 808. The molecule has 4 rings (SSSR count). The van der Waals surface area contributed by atoms with E-state index in [1.807, 2.05) is 20.1 Å². The van der Waals surface area contributed by atoms with Gasteiger partial charge in [0, 0.05) is 19.3 Å². The lowest BCUT2D eigenvalue weighted by Gasteiger charge is -2.55. The molecule has 142 valence electrons. The smallest absolute Gasteiger partial charge is 0.244 e. The molecule has 2 bridgehead atoms. The van der Waals surface area contributed by atoms with Crippen molar-refractivity contribution in [2.24, 2.45) is 22.4 Å². The number of hydrogen-bond donors (Lipinski definition) is 1. The van der Waals surface area contributed by atoms with Crippen molar-refractivity contribution in [2.45, 2.75) is 45.4 Å². The minimum Gasteiger partial charge on any atom is -0.261 e. The van der Waals surface area contributed by atoms with Crippen LogP contribution in [0.4, 0.5) is 5.82 Å². The van der Waals surface area contributed by atoms with Crippen LogP contribution in [0.15, 0.2) is 40.0 Å². The first-order valence-electron chi connectivity index (χ1n) is 9.26. The molecule has 1 saturated carbocycles. The number of aromatic nitrogens is 1. The lowest BCUT2D eigenvalue weighted by atomic mass is 9.49. The molecule has 7 heteroatoms. The third-order valence-corrected chi connectivity index (χ3v) is 8.02. The molecule has 1 heterocycles. The Labute approximate surface area is 156 Å². The number of hydrogen-bond acceptors (Lipinski definition) is 5. The Balaban J connectivity index is 1.64. The fourth-order valence-corrected chi connectivity index (χ4v) is 5.43. The van der Waals surface area contributed by atoms with Gasteiger partial charge in [-0.2, -0.15) is 9.41 Å². The Morgan fingerprint density at radius 2 is 2.08 bits per heavy atom. The molecule has 2 atom stereocenters. The van der Waals surface area contributed by atoms with Crippen LogP contribution >= 0.6 is 0 Å². The van der Waals surface area contributed by atoms with E-state index in [0.29, 0.717) is 30.2 Å². The van der Waals surface area contributed by atoms with Crippen LogP contribution in [-0.2, 0) is 10.0 Å². The van der Waals surface area contributed by atoms with Crippen molar-refractivity contribution < 1.29 is 8.42 Å². The van der Waals surface area contributed by atoms with Crippen molar-refractivity contribution in [1.29, 1.82) is 0 Å². The van der Waals surface area contributed by atoms with Gasteiger partial charge in [-0.05, 0) is 47.8 Å². The minimum absolute atomic E-state index is 0.202. The second kappa shape index (κ2) is 7.12. The first-order valence-corrected chi connectivity index (χ1v) is 10.7. The van der Waals surface area contributed by atoms with Gasteiger partial charge >= 0.3 is 0 Å². The van der Waals surface area contributed by atoms with Gasteiger partial charge in [-0.3, -0.25) is 5.43 Å². The van der Waals surface area contributed by atoms with Gasteiger partial charge in [0.2, 0.25) is 10.0 Å². The summed E-state index contributed by atoms with van der Waals surface area (Å²) in [6.07, 6.45) is 7.92. The van der Waals surface area contributed by atoms with E-state index in [9.17, 15) is 8.42 Å². The van der Waals surface area contributed by atoms with Gasteiger partial charge in [0.1, 0.15) is 10.7 Å². The highest BCUT2D eigenvalue weighted by molar-refractivity contribution is 7.89. The van der Waals surface area contributed by atoms with Crippen LogP contribution in [0.2, 0.25) is 0 Å². The molecule has 0 spiro atoms. The van der Waals surface area contributed by atoms with E-state index in [1.165, 1.54) is 22.5 Å². The second-order valence-electron chi connectivity index (χ2n) is 7.58. The van der Waals surface area contributed by atoms with Gasteiger partial charge in [-0.1, -0.05) is 33.8 Å². The second-order valence-corrected chi connectivity index (χ2v) is 9.52. The van der Waals surface area contributed by atoms with E-state index in [2.05, 4.69) is 35.4 Å². The maximum atomic E-state index is 12.5. The molecule has 1 N–H and O–H groups in total. The molecule has 6 nitrogen and oxygen atoms in total. The van der Waals surface area contributed by atoms with Crippen molar-refractivity contribution in [3.05, 3.63) is 30.0 Å². The number of pyridine rings is 1. The molecular formula is C19H28N4O2S. The molecule has 0 amide bonds. The fraction of sp³-hybridized carbons (Fsp3) is 0.579. The summed E-state index contributed by atoms with van der Waals surface area (Å²) in [5, 5.41) is 4.30. The quantitative estimate of drug-likeness (QED) is 0.584. The molecule has 3 aliphatic rings. The number of anilines is 1. The first-order chi connectivity index (χ1) is 12.3. The molecule has 1 aromatic heterocycles. The summed E-state index contributed by atoms with van der Waals surface area (Å²) in [4.78, 5) is 4.39. The zero-order chi connectivity index (χ0) is 18.9. The maximum Gasteiger partial charge on any atom is 0.244 e. The highest BCUT2D eigenvalue weighted by Crippen LogP contribution is 2.58. The lowest BCUT2D eigenvalue weighted by molar-refractivity contribution is -0.00124. The average Bonchev–Trinajstić information content (AvgIpc) is 2.63. The van der Waals surface area contributed by atoms with Crippen LogP contribution < -0.4 is 5.43 Å². The van der Waals surface area contributed by atoms with E-state index in [0.717, 1.165) is 12.3 Å². The Kier molecular flexibility index (Phi) is 5.21. The van der Waals surface area contributed by atoms with E-state index in [4.69, 9.17) is 0 Å². The molecule has 0 radical (unpaired) electrons. The van der Waals surface area contributed by atoms with Gasteiger partial charge in [0.05, 0.1) is 6.21 Å². The number of rotatable bonds is 7. The molecular weight excluding hydrogens is 348 g/mol. The molecule has 0 aliphatic heterocycles.